The number of carbonyl (C=O) groups excluding carboxylic acids is 1. The molecule has 1 aromatic heterocycles. The standard InChI is InChI=1S/C19H17ClN4O3/c1-9-13(5-4-11(7-21)15(9)20)24-18(26)16-14-6-12(23(16)19(24)27)8-22(14)17(25)10-2-3-10/h4-5,10,12,14,26H,2-3,6,8H2,1H3/t12-,14-/m0/s1. The van der Waals surface area contributed by atoms with Crippen LogP contribution in [0.25, 0.3) is 5.69 Å². The van der Waals surface area contributed by atoms with Gasteiger partial charge in [-0.25, -0.2) is 9.36 Å². The van der Waals surface area contributed by atoms with E-state index in [0.29, 0.717) is 35.5 Å². The molecular formula is C19H17ClN4O3. The van der Waals surface area contributed by atoms with Gasteiger partial charge in [0.2, 0.25) is 11.8 Å². The molecule has 3 heterocycles. The highest BCUT2D eigenvalue weighted by Gasteiger charge is 2.51. The van der Waals surface area contributed by atoms with Crippen molar-refractivity contribution in [3.63, 3.8) is 0 Å². The Balaban J connectivity index is 1.64. The molecule has 3 aliphatic rings. The molecule has 0 radical (unpaired) electrons. The molecule has 1 aliphatic carbocycles. The third-order valence-electron chi connectivity index (χ3n) is 5.99. The van der Waals surface area contributed by atoms with Gasteiger partial charge in [-0.05, 0) is 43.9 Å². The lowest BCUT2D eigenvalue weighted by Gasteiger charge is -2.27. The minimum Gasteiger partial charge on any atom is -0.493 e. The van der Waals surface area contributed by atoms with Crippen molar-refractivity contribution < 1.29 is 9.90 Å². The Morgan fingerprint density at radius 3 is 2.78 bits per heavy atom. The Morgan fingerprint density at radius 1 is 1.37 bits per heavy atom. The first-order valence-corrected chi connectivity index (χ1v) is 9.38. The summed E-state index contributed by atoms with van der Waals surface area (Å²) in [5.74, 6) is 0.0870. The van der Waals surface area contributed by atoms with Gasteiger partial charge in [-0.15, -0.1) is 0 Å². The quantitative estimate of drug-likeness (QED) is 0.860. The fourth-order valence-corrected chi connectivity index (χ4v) is 4.68. The van der Waals surface area contributed by atoms with Gasteiger partial charge in [0, 0.05) is 12.5 Å². The summed E-state index contributed by atoms with van der Waals surface area (Å²) in [5, 5.41) is 20.3. The minimum atomic E-state index is -0.336. The number of nitrogens with zero attached hydrogens (tertiary/aromatic N) is 4. The summed E-state index contributed by atoms with van der Waals surface area (Å²) in [6.07, 6.45) is 2.52. The highest BCUT2D eigenvalue weighted by atomic mass is 35.5. The van der Waals surface area contributed by atoms with Crippen molar-refractivity contribution in [1.82, 2.24) is 14.0 Å². The molecule has 1 aromatic carbocycles. The maximum Gasteiger partial charge on any atom is 0.336 e. The van der Waals surface area contributed by atoms with Crippen LogP contribution in [0.2, 0.25) is 5.02 Å². The Bertz CT molecular complexity index is 1110. The smallest absolute Gasteiger partial charge is 0.336 e. The van der Waals surface area contributed by atoms with Crippen LogP contribution in [0.4, 0.5) is 0 Å². The second-order valence-corrected chi connectivity index (χ2v) is 7.93. The molecule has 2 aromatic rings. The number of fused-ring (bicyclic) bond motifs is 5. The van der Waals surface area contributed by atoms with Gasteiger partial charge in [0.25, 0.3) is 0 Å². The zero-order chi connectivity index (χ0) is 19.0. The summed E-state index contributed by atoms with van der Waals surface area (Å²) in [7, 11) is 0. The highest BCUT2D eigenvalue weighted by molar-refractivity contribution is 6.32. The first kappa shape index (κ1) is 16.5. The van der Waals surface area contributed by atoms with Crippen LogP contribution in [0, 0.1) is 24.2 Å². The lowest BCUT2D eigenvalue weighted by Crippen LogP contribution is -2.38. The number of imidazole rings is 1. The van der Waals surface area contributed by atoms with Crippen molar-refractivity contribution in [1.29, 1.82) is 5.26 Å². The van der Waals surface area contributed by atoms with Crippen LogP contribution in [-0.2, 0) is 4.79 Å². The lowest BCUT2D eigenvalue weighted by atomic mass is 10.1. The van der Waals surface area contributed by atoms with Crippen molar-refractivity contribution in [2.24, 2.45) is 5.92 Å². The number of hydrogen-bond donors (Lipinski definition) is 1. The van der Waals surface area contributed by atoms with Crippen LogP contribution in [0.5, 0.6) is 5.88 Å². The second kappa shape index (κ2) is 5.40. The molecule has 0 spiro atoms. The summed E-state index contributed by atoms with van der Waals surface area (Å²) in [5.41, 5.74) is 1.49. The van der Waals surface area contributed by atoms with Gasteiger partial charge >= 0.3 is 5.69 Å². The molecule has 1 saturated carbocycles. The van der Waals surface area contributed by atoms with Gasteiger partial charge < -0.3 is 10.0 Å². The van der Waals surface area contributed by atoms with E-state index in [1.165, 1.54) is 10.6 Å². The number of halogens is 1. The predicted octanol–water partition coefficient (Wildman–Crippen LogP) is 2.42. The molecule has 7 nitrogen and oxygen atoms in total. The van der Waals surface area contributed by atoms with E-state index in [0.717, 1.165) is 12.8 Å². The van der Waals surface area contributed by atoms with Crippen LogP contribution >= 0.6 is 11.6 Å². The molecule has 27 heavy (non-hydrogen) atoms. The minimum absolute atomic E-state index is 0.105. The molecule has 2 atom stereocenters. The van der Waals surface area contributed by atoms with Crippen LogP contribution in [0.1, 0.15) is 48.2 Å². The first-order valence-electron chi connectivity index (χ1n) is 9.00. The van der Waals surface area contributed by atoms with Crippen LogP contribution in [0.15, 0.2) is 16.9 Å². The van der Waals surface area contributed by atoms with Crippen molar-refractivity contribution in [3.8, 4) is 17.6 Å². The van der Waals surface area contributed by atoms with E-state index in [9.17, 15) is 14.7 Å². The number of aromatic hydroxyl groups is 1. The Hall–Kier alpha value is -2.72. The zero-order valence-corrected chi connectivity index (χ0v) is 15.4. The molecule has 1 saturated heterocycles. The Kier molecular flexibility index (Phi) is 3.29. The largest absolute Gasteiger partial charge is 0.493 e. The number of carbonyl (C=O) groups is 1. The molecule has 138 valence electrons. The molecule has 1 N–H and O–H groups in total. The highest BCUT2D eigenvalue weighted by Crippen LogP contribution is 2.50. The van der Waals surface area contributed by atoms with Crippen LogP contribution in [-0.4, -0.2) is 31.6 Å². The van der Waals surface area contributed by atoms with Gasteiger partial charge in [-0.3, -0.25) is 9.36 Å². The molecule has 2 aliphatic heterocycles. The fraction of sp³-hybridized carbons (Fsp3) is 0.421. The van der Waals surface area contributed by atoms with Crippen molar-refractivity contribution in [2.75, 3.05) is 6.54 Å². The summed E-state index contributed by atoms with van der Waals surface area (Å²) in [6.45, 7) is 2.23. The van der Waals surface area contributed by atoms with Crippen LogP contribution < -0.4 is 5.69 Å². The third-order valence-corrected chi connectivity index (χ3v) is 6.47. The molecule has 8 heteroatoms. The summed E-state index contributed by atoms with van der Waals surface area (Å²) >= 11 is 6.24. The number of nitriles is 1. The van der Waals surface area contributed by atoms with Gasteiger partial charge in [-0.2, -0.15) is 5.26 Å². The lowest BCUT2D eigenvalue weighted by molar-refractivity contribution is -0.134. The number of amides is 1. The van der Waals surface area contributed by atoms with E-state index in [1.807, 2.05) is 11.0 Å². The van der Waals surface area contributed by atoms with Crippen LogP contribution in [0.3, 0.4) is 0 Å². The normalized spacial score (nSPS) is 22.8. The second-order valence-electron chi connectivity index (χ2n) is 7.55. The topological polar surface area (TPSA) is 91.3 Å². The van der Waals surface area contributed by atoms with Crippen molar-refractivity contribution in [3.05, 3.63) is 44.5 Å². The fourth-order valence-electron chi connectivity index (χ4n) is 4.48. The molecule has 0 unspecified atom stereocenters. The number of likely N-dealkylation sites (tertiary alicyclic amines) is 1. The maximum absolute atomic E-state index is 13.1. The summed E-state index contributed by atoms with van der Waals surface area (Å²) < 4.78 is 2.85. The molecule has 2 fully saturated rings. The summed E-state index contributed by atoms with van der Waals surface area (Å²) in [6, 6.07) is 4.80. The Morgan fingerprint density at radius 2 is 2.11 bits per heavy atom. The number of aromatic nitrogens is 2. The van der Waals surface area contributed by atoms with Gasteiger partial charge in [0.15, 0.2) is 0 Å². The monoisotopic (exact) mass is 384 g/mol. The van der Waals surface area contributed by atoms with E-state index in [1.54, 1.807) is 17.6 Å². The van der Waals surface area contributed by atoms with Crippen molar-refractivity contribution in [2.45, 2.75) is 38.3 Å². The van der Waals surface area contributed by atoms with E-state index in [4.69, 9.17) is 16.9 Å². The summed E-state index contributed by atoms with van der Waals surface area (Å²) in [4.78, 5) is 27.4. The molecule has 2 bridgehead atoms. The molecule has 5 rings (SSSR count). The van der Waals surface area contributed by atoms with E-state index in [-0.39, 0.29) is 40.5 Å². The van der Waals surface area contributed by atoms with Gasteiger partial charge in [0.05, 0.1) is 28.4 Å². The van der Waals surface area contributed by atoms with Gasteiger partial charge in [-0.1, -0.05) is 11.6 Å². The van der Waals surface area contributed by atoms with E-state index < -0.39 is 0 Å². The zero-order valence-electron chi connectivity index (χ0n) is 14.6. The molecule has 1 amide bonds. The first-order chi connectivity index (χ1) is 12.9. The van der Waals surface area contributed by atoms with E-state index in [2.05, 4.69) is 0 Å². The average Bonchev–Trinajstić information content (AvgIpc) is 3.25. The van der Waals surface area contributed by atoms with E-state index >= 15 is 0 Å². The maximum atomic E-state index is 13.1. The van der Waals surface area contributed by atoms with Gasteiger partial charge in [0.1, 0.15) is 11.8 Å². The molecular weight excluding hydrogens is 368 g/mol. The SMILES string of the molecule is Cc1c(-n2c(O)c3n(c2=O)[C@H]2C[C@@H]3N(C(=O)C3CC3)C2)ccc(C#N)c1Cl. The Labute approximate surface area is 160 Å². The number of benzene rings is 1. The number of rotatable bonds is 2. The van der Waals surface area contributed by atoms with Crippen molar-refractivity contribution >= 4 is 17.5 Å². The third kappa shape index (κ3) is 2.07. The average molecular weight is 385 g/mol. The predicted molar refractivity (Wildman–Crippen MR) is 97.0 cm³/mol. The number of hydrogen-bond acceptors (Lipinski definition) is 4.